The van der Waals surface area contributed by atoms with Crippen molar-refractivity contribution in [2.24, 2.45) is 0 Å². The summed E-state index contributed by atoms with van der Waals surface area (Å²) in [6, 6.07) is 11.5. The van der Waals surface area contributed by atoms with E-state index in [4.69, 9.17) is 9.52 Å². The minimum Gasteiger partial charge on any atom is -0.442 e. The van der Waals surface area contributed by atoms with Gasteiger partial charge < -0.3 is 14.8 Å². The zero-order valence-corrected chi connectivity index (χ0v) is 13.2. The Morgan fingerprint density at radius 1 is 1.22 bits per heavy atom. The Morgan fingerprint density at radius 2 is 2.00 bits per heavy atom. The summed E-state index contributed by atoms with van der Waals surface area (Å²) in [4.78, 5) is 17.2. The molecule has 2 aromatic heterocycles. The minimum absolute atomic E-state index is 0.0364. The highest BCUT2D eigenvalue weighted by molar-refractivity contribution is 7.13. The predicted molar refractivity (Wildman–Crippen MR) is 88.2 cm³/mol. The fourth-order valence-electron chi connectivity index (χ4n) is 2.21. The van der Waals surface area contributed by atoms with Gasteiger partial charge in [0.25, 0.3) is 5.91 Å². The minimum atomic E-state index is -0.242. The van der Waals surface area contributed by atoms with Crippen molar-refractivity contribution in [2.75, 3.05) is 6.54 Å². The zero-order chi connectivity index (χ0) is 16.1. The number of hydrogen-bond donors (Lipinski definition) is 2. The molecule has 0 bridgehead atoms. The molecule has 23 heavy (non-hydrogen) atoms. The fourth-order valence-corrected chi connectivity index (χ4v) is 2.92. The van der Waals surface area contributed by atoms with E-state index in [1.54, 1.807) is 0 Å². The number of aromatic nitrogens is 1. The summed E-state index contributed by atoms with van der Waals surface area (Å²) in [6.07, 6.45) is 2.00. The smallest absolute Gasteiger partial charge is 0.273 e. The maximum Gasteiger partial charge on any atom is 0.273 e. The number of carbonyl (C=O) groups is 1. The first-order valence-corrected chi connectivity index (χ1v) is 8.10. The second-order valence-electron chi connectivity index (χ2n) is 4.99. The molecule has 5 nitrogen and oxygen atoms in total. The van der Waals surface area contributed by atoms with Crippen LogP contribution in [0.4, 0.5) is 0 Å². The van der Waals surface area contributed by atoms with Crippen molar-refractivity contribution in [3.05, 3.63) is 65.0 Å². The number of benzene rings is 1. The summed E-state index contributed by atoms with van der Waals surface area (Å²) in [5.41, 5.74) is 2.28. The lowest BCUT2D eigenvalue weighted by Crippen LogP contribution is -2.26. The Bertz CT molecular complexity index is 764. The van der Waals surface area contributed by atoms with Gasteiger partial charge in [0, 0.05) is 6.54 Å². The summed E-state index contributed by atoms with van der Waals surface area (Å²) in [5, 5.41) is 13.8. The van der Waals surface area contributed by atoms with Gasteiger partial charge in [0.15, 0.2) is 17.8 Å². The molecule has 0 saturated carbocycles. The molecule has 0 saturated heterocycles. The van der Waals surface area contributed by atoms with Crippen molar-refractivity contribution in [1.29, 1.82) is 0 Å². The lowest BCUT2D eigenvalue weighted by atomic mass is 10.1. The van der Waals surface area contributed by atoms with E-state index in [9.17, 15) is 4.79 Å². The third-order valence-electron chi connectivity index (χ3n) is 3.43. The molecule has 1 aromatic carbocycles. The van der Waals surface area contributed by atoms with Crippen molar-refractivity contribution < 1.29 is 14.3 Å². The molecule has 2 N–H and O–H groups in total. The second-order valence-corrected chi connectivity index (χ2v) is 5.94. The van der Waals surface area contributed by atoms with E-state index in [1.165, 1.54) is 17.7 Å². The molecule has 3 rings (SSSR count). The highest BCUT2D eigenvalue weighted by Crippen LogP contribution is 2.27. The number of nitrogens with one attached hydrogen (secondary N) is 1. The molecule has 0 radical (unpaired) electrons. The van der Waals surface area contributed by atoms with Gasteiger partial charge in [-0.15, -0.1) is 11.3 Å². The quantitative estimate of drug-likeness (QED) is 0.729. The van der Waals surface area contributed by atoms with E-state index < -0.39 is 0 Å². The molecule has 118 valence electrons. The van der Waals surface area contributed by atoms with Crippen LogP contribution in [0.3, 0.4) is 0 Å². The van der Waals surface area contributed by atoms with E-state index in [0.717, 1.165) is 16.0 Å². The normalized spacial score (nSPS) is 10.7. The van der Waals surface area contributed by atoms with Gasteiger partial charge in [0.2, 0.25) is 0 Å². The lowest BCUT2D eigenvalue weighted by molar-refractivity contribution is 0.0950. The highest BCUT2D eigenvalue weighted by atomic mass is 32.1. The predicted octanol–water partition coefficient (Wildman–Crippen LogP) is 2.87. The highest BCUT2D eigenvalue weighted by Gasteiger charge is 2.18. The van der Waals surface area contributed by atoms with E-state index in [-0.39, 0.29) is 12.5 Å². The number of rotatable bonds is 6. The first-order chi connectivity index (χ1) is 11.3. The van der Waals surface area contributed by atoms with Crippen LogP contribution >= 0.6 is 11.3 Å². The van der Waals surface area contributed by atoms with Gasteiger partial charge in [-0.3, -0.25) is 4.79 Å². The molecular weight excluding hydrogens is 312 g/mol. The lowest BCUT2D eigenvalue weighted by Gasteiger charge is -2.05. The van der Waals surface area contributed by atoms with E-state index in [0.29, 0.717) is 24.4 Å². The van der Waals surface area contributed by atoms with Crippen molar-refractivity contribution in [3.8, 4) is 10.6 Å². The second kappa shape index (κ2) is 7.21. The van der Waals surface area contributed by atoms with E-state index in [2.05, 4.69) is 10.3 Å². The molecule has 6 heteroatoms. The third-order valence-corrected chi connectivity index (χ3v) is 4.30. The molecule has 0 unspecified atom stereocenters. The SMILES string of the molecule is O=C(NCCc1ccc(CO)cc1)c1ncoc1-c1cccs1. The van der Waals surface area contributed by atoms with Gasteiger partial charge in [0.05, 0.1) is 11.5 Å². The Labute approximate surface area is 137 Å². The van der Waals surface area contributed by atoms with Crippen LogP contribution in [0.1, 0.15) is 21.6 Å². The van der Waals surface area contributed by atoms with Crippen LogP contribution in [0, 0.1) is 0 Å². The van der Waals surface area contributed by atoms with E-state index in [1.807, 2.05) is 41.8 Å². The molecule has 0 atom stereocenters. The van der Waals surface area contributed by atoms with Gasteiger partial charge in [-0.25, -0.2) is 4.98 Å². The van der Waals surface area contributed by atoms with Crippen LogP contribution in [-0.4, -0.2) is 22.5 Å². The summed E-state index contributed by atoms with van der Waals surface area (Å²) < 4.78 is 5.34. The van der Waals surface area contributed by atoms with Gasteiger partial charge >= 0.3 is 0 Å². The van der Waals surface area contributed by atoms with Crippen molar-refractivity contribution in [2.45, 2.75) is 13.0 Å². The van der Waals surface area contributed by atoms with Crippen molar-refractivity contribution in [1.82, 2.24) is 10.3 Å². The molecule has 3 aromatic rings. The van der Waals surface area contributed by atoms with Crippen LogP contribution in [0.25, 0.3) is 10.6 Å². The number of amides is 1. The summed E-state index contributed by atoms with van der Waals surface area (Å²) in [5.74, 6) is 0.263. The fraction of sp³-hybridized carbons (Fsp3) is 0.176. The number of aliphatic hydroxyl groups is 1. The molecule has 1 amide bonds. The van der Waals surface area contributed by atoms with Gasteiger partial charge in [-0.2, -0.15) is 0 Å². The number of nitrogens with zero attached hydrogens (tertiary/aromatic N) is 1. The molecule has 2 heterocycles. The maximum absolute atomic E-state index is 12.3. The first kappa shape index (κ1) is 15.5. The van der Waals surface area contributed by atoms with Crippen LogP contribution in [0.2, 0.25) is 0 Å². The van der Waals surface area contributed by atoms with Crippen LogP contribution in [0.5, 0.6) is 0 Å². The molecule has 0 aliphatic carbocycles. The Kier molecular flexibility index (Phi) is 4.85. The molecular formula is C17H16N2O3S. The number of aliphatic hydroxyl groups excluding tert-OH is 1. The number of carbonyl (C=O) groups excluding carboxylic acids is 1. The number of hydrogen-bond acceptors (Lipinski definition) is 5. The largest absolute Gasteiger partial charge is 0.442 e. The molecule has 0 aliphatic rings. The van der Waals surface area contributed by atoms with Crippen molar-refractivity contribution in [3.63, 3.8) is 0 Å². The topological polar surface area (TPSA) is 75.4 Å². The third kappa shape index (κ3) is 3.67. The average Bonchev–Trinajstić information content (AvgIpc) is 3.26. The standard InChI is InChI=1S/C17H16N2O3S/c20-10-13-5-3-12(4-6-13)7-8-18-17(21)15-16(22-11-19-15)14-2-1-9-23-14/h1-6,9,11,20H,7-8,10H2,(H,18,21). The molecule has 0 spiro atoms. The van der Waals surface area contributed by atoms with Gasteiger partial charge in [-0.05, 0) is 29.0 Å². The Hall–Kier alpha value is -2.44. The monoisotopic (exact) mass is 328 g/mol. The average molecular weight is 328 g/mol. The Morgan fingerprint density at radius 3 is 2.70 bits per heavy atom. The molecule has 0 fully saturated rings. The van der Waals surface area contributed by atoms with E-state index >= 15 is 0 Å². The summed E-state index contributed by atoms with van der Waals surface area (Å²) >= 11 is 1.50. The zero-order valence-electron chi connectivity index (χ0n) is 12.4. The summed E-state index contributed by atoms with van der Waals surface area (Å²) in [6.45, 7) is 0.544. The van der Waals surface area contributed by atoms with Crippen LogP contribution in [0.15, 0.2) is 52.6 Å². The number of thiophene rings is 1. The van der Waals surface area contributed by atoms with Crippen LogP contribution in [-0.2, 0) is 13.0 Å². The van der Waals surface area contributed by atoms with Crippen LogP contribution < -0.4 is 5.32 Å². The molecule has 0 aliphatic heterocycles. The maximum atomic E-state index is 12.3. The first-order valence-electron chi connectivity index (χ1n) is 7.22. The van der Waals surface area contributed by atoms with Gasteiger partial charge in [-0.1, -0.05) is 30.3 Å². The summed E-state index contributed by atoms with van der Waals surface area (Å²) in [7, 11) is 0. The van der Waals surface area contributed by atoms with Gasteiger partial charge in [0.1, 0.15) is 0 Å². The van der Waals surface area contributed by atoms with Crippen molar-refractivity contribution >= 4 is 17.2 Å². The number of oxazole rings is 1. The Balaban J connectivity index is 1.58.